The summed E-state index contributed by atoms with van der Waals surface area (Å²) in [6.45, 7) is 3.11. The van der Waals surface area contributed by atoms with Gasteiger partial charge in [-0.3, -0.25) is 0 Å². The summed E-state index contributed by atoms with van der Waals surface area (Å²) in [5.41, 5.74) is 5.78. The summed E-state index contributed by atoms with van der Waals surface area (Å²) in [7, 11) is 0. The molecule has 0 saturated carbocycles. The Hall–Kier alpha value is -1.05. The van der Waals surface area contributed by atoms with Crippen molar-refractivity contribution in [2.45, 2.75) is 18.9 Å². The lowest BCUT2D eigenvalue weighted by Crippen LogP contribution is -2.37. The molecular formula is C8H11N5OS. The van der Waals surface area contributed by atoms with E-state index >= 15 is 0 Å². The third-order valence-electron chi connectivity index (χ3n) is 2.62. The molecule has 1 saturated heterocycles. The Bertz CT molecular complexity index is 498. The van der Waals surface area contributed by atoms with Crippen LogP contribution in [0, 0.1) is 6.92 Å². The van der Waals surface area contributed by atoms with Crippen molar-refractivity contribution in [3.05, 3.63) is 10.8 Å². The summed E-state index contributed by atoms with van der Waals surface area (Å²) in [5.74, 6) is 0.787. The van der Waals surface area contributed by atoms with E-state index in [4.69, 9.17) is 10.5 Å². The molecule has 7 heteroatoms. The molecule has 0 spiro atoms. The lowest BCUT2D eigenvalue weighted by atomic mass is 10.0. The van der Waals surface area contributed by atoms with Crippen LogP contribution in [0.1, 0.15) is 17.3 Å². The molecule has 3 rings (SSSR count). The van der Waals surface area contributed by atoms with Crippen LogP contribution < -0.4 is 5.73 Å². The minimum atomic E-state index is -0.433. The van der Waals surface area contributed by atoms with Crippen molar-refractivity contribution in [1.29, 1.82) is 0 Å². The van der Waals surface area contributed by atoms with E-state index in [-0.39, 0.29) is 0 Å². The molecule has 1 aliphatic heterocycles. The molecule has 0 aromatic carbocycles. The van der Waals surface area contributed by atoms with Gasteiger partial charge in [0, 0.05) is 6.61 Å². The molecule has 0 bridgehead atoms. The van der Waals surface area contributed by atoms with Crippen LogP contribution in [0.5, 0.6) is 0 Å². The molecule has 0 aliphatic carbocycles. The van der Waals surface area contributed by atoms with Gasteiger partial charge in [0.25, 0.3) is 0 Å². The Morgan fingerprint density at radius 2 is 2.40 bits per heavy atom. The number of rotatable bonds is 1. The van der Waals surface area contributed by atoms with Crippen LogP contribution in [-0.4, -0.2) is 33.0 Å². The number of aromatic nitrogens is 4. The van der Waals surface area contributed by atoms with E-state index in [1.165, 1.54) is 11.3 Å². The molecule has 1 atom stereocenters. The first-order valence-electron chi connectivity index (χ1n) is 4.75. The van der Waals surface area contributed by atoms with Gasteiger partial charge in [-0.05, 0) is 13.3 Å². The summed E-state index contributed by atoms with van der Waals surface area (Å²) in [5, 5.41) is 13.3. The highest BCUT2D eigenvalue weighted by Gasteiger charge is 2.36. The quantitative estimate of drug-likeness (QED) is 0.743. The van der Waals surface area contributed by atoms with Gasteiger partial charge >= 0.3 is 0 Å². The lowest BCUT2D eigenvalue weighted by molar-refractivity contribution is 0.178. The van der Waals surface area contributed by atoms with Gasteiger partial charge in [-0.1, -0.05) is 11.3 Å². The van der Waals surface area contributed by atoms with Crippen LogP contribution in [-0.2, 0) is 10.3 Å². The van der Waals surface area contributed by atoms with Crippen molar-refractivity contribution in [2.75, 3.05) is 13.2 Å². The summed E-state index contributed by atoms with van der Waals surface area (Å²) in [4.78, 5) is 0.791. The van der Waals surface area contributed by atoms with Crippen molar-refractivity contribution < 1.29 is 4.74 Å². The molecule has 15 heavy (non-hydrogen) atoms. The second-order valence-corrected chi connectivity index (χ2v) is 4.76. The van der Waals surface area contributed by atoms with Gasteiger partial charge < -0.3 is 10.5 Å². The first-order chi connectivity index (χ1) is 7.19. The van der Waals surface area contributed by atoms with Crippen LogP contribution in [0.4, 0.5) is 0 Å². The Balaban J connectivity index is 2.11. The molecule has 2 aromatic heterocycles. The topological polar surface area (TPSA) is 78.3 Å². The van der Waals surface area contributed by atoms with Crippen molar-refractivity contribution in [1.82, 2.24) is 19.8 Å². The second kappa shape index (κ2) is 2.97. The first-order valence-corrected chi connectivity index (χ1v) is 5.57. The molecule has 80 valence electrons. The zero-order chi connectivity index (χ0) is 10.5. The third kappa shape index (κ3) is 1.27. The average Bonchev–Trinajstić information content (AvgIpc) is 2.85. The first kappa shape index (κ1) is 9.20. The number of nitrogens with zero attached hydrogens (tertiary/aromatic N) is 4. The molecule has 3 heterocycles. The van der Waals surface area contributed by atoms with E-state index in [1.54, 1.807) is 4.52 Å². The fourth-order valence-electron chi connectivity index (χ4n) is 1.67. The Morgan fingerprint density at radius 3 is 3.07 bits per heavy atom. The monoisotopic (exact) mass is 225 g/mol. The predicted molar refractivity (Wildman–Crippen MR) is 54.7 cm³/mol. The van der Waals surface area contributed by atoms with Crippen LogP contribution in [0.15, 0.2) is 0 Å². The number of hydrogen-bond donors (Lipinski definition) is 1. The number of hydrogen-bond acceptors (Lipinski definition) is 6. The standard InChI is InChI=1S/C8H11N5OS/c1-5-10-11-7-13(5)12-6(15-7)8(9)2-3-14-4-8/h2-4,9H2,1H3. The van der Waals surface area contributed by atoms with E-state index in [1.807, 2.05) is 6.92 Å². The summed E-state index contributed by atoms with van der Waals surface area (Å²) in [6.07, 6.45) is 0.816. The number of ether oxygens (including phenoxy) is 1. The van der Waals surface area contributed by atoms with Gasteiger partial charge in [0.15, 0.2) is 5.82 Å². The highest BCUT2D eigenvalue weighted by molar-refractivity contribution is 7.16. The van der Waals surface area contributed by atoms with Crippen LogP contribution in [0.3, 0.4) is 0 Å². The second-order valence-electron chi connectivity index (χ2n) is 3.81. The molecule has 0 radical (unpaired) electrons. The molecule has 2 N–H and O–H groups in total. The van der Waals surface area contributed by atoms with Gasteiger partial charge in [0.1, 0.15) is 5.01 Å². The van der Waals surface area contributed by atoms with Crippen molar-refractivity contribution in [3.8, 4) is 0 Å². The van der Waals surface area contributed by atoms with E-state index in [0.717, 1.165) is 22.2 Å². The zero-order valence-corrected chi connectivity index (χ0v) is 9.12. The fourth-order valence-corrected chi connectivity index (χ4v) is 2.67. The Labute approximate surface area is 90.1 Å². The van der Waals surface area contributed by atoms with Gasteiger partial charge in [-0.15, -0.1) is 10.2 Å². The summed E-state index contributed by atoms with van der Waals surface area (Å²) in [6, 6.07) is 0. The maximum Gasteiger partial charge on any atom is 0.234 e. The van der Waals surface area contributed by atoms with Crippen LogP contribution >= 0.6 is 11.3 Å². The Kier molecular flexibility index (Phi) is 1.82. The largest absolute Gasteiger partial charge is 0.379 e. The number of nitrogens with two attached hydrogens (primary N) is 1. The van der Waals surface area contributed by atoms with Crippen LogP contribution in [0.2, 0.25) is 0 Å². The molecule has 2 aromatic rings. The van der Waals surface area contributed by atoms with Crippen molar-refractivity contribution in [2.24, 2.45) is 5.73 Å². The normalized spacial score (nSPS) is 26.5. The maximum atomic E-state index is 6.21. The number of aryl methyl sites for hydroxylation is 1. The minimum Gasteiger partial charge on any atom is -0.379 e. The summed E-state index contributed by atoms with van der Waals surface area (Å²) < 4.78 is 7.04. The highest BCUT2D eigenvalue weighted by Crippen LogP contribution is 2.30. The van der Waals surface area contributed by atoms with Crippen molar-refractivity contribution in [3.63, 3.8) is 0 Å². The van der Waals surface area contributed by atoms with Gasteiger partial charge in [0.05, 0.1) is 12.1 Å². The fraction of sp³-hybridized carbons (Fsp3) is 0.625. The van der Waals surface area contributed by atoms with Gasteiger partial charge in [-0.2, -0.15) is 9.61 Å². The maximum absolute atomic E-state index is 6.21. The van der Waals surface area contributed by atoms with Crippen molar-refractivity contribution >= 4 is 16.3 Å². The summed E-state index contributed by atoms with van der Waals surface area (Å²) >= 11 is 1.49. The molecule has 1 fully saturated rings. The molecule has 1 unspecified atom stereocenters. The van der Waals surface area contributed by atoms with Gasteiger partial charge in [-0.25, -0.2) is 0 Å². The Morgan fingerprint density at radius 1 is 1.53 bits per heavy atom. The minimum absolute atomic E-state index is 0.433. The highest BCUT2D eigenvalue weighted by atomic mass is 32.1. The lowest BCUT2D eigenvalue weighted by Gasteiger charge is -2.16. The van der Waals surface area contributed by atoms with E-state index in [0.29, 0.717) is 13.2 Å². The van der Waals surface area contributed by atoms with E-state index < -0.39 is 5.54 Å². The molecule has 1 aliphatic rings. The third-order valence-corrected chi connectivity index (χ3v) is 3.74. The molecule has 0 amide bonds. The number of fused-ring (bicyclic) bond motifs is 1. The van der Waals surface area contributed by atoms with Gasteiger partial charge in [0.2, 0.25) is 4.96 Å². The van der Waals surface area contributed by atoms with E-state index in [2.05, 4.69) is 15.3 Å². The molecule has 6 nitrogen and oxygen atoms in total. The predicted octanol–water partition coefficient (Wildman–Crippen LogP) is 0.0685. The molecular weight excluding hydrogens is 214 g/mol. The van der Waals surface area contributed by atoms with E-state index in [9.17, 15) is 0 Å². The smallest absolute Gasteiger partial charge is 0.234 e. The zero-order valence-electron chi connectivity index (χ0n) is 8.30. The SMILES string of the molecule is Cc1nnc2sc(C3(N)CCOC3)nn12. The van der Waals surface area contributed by atoms with Crippen LogP contribution in [0.25, 0.3) is 4.96 Å². The average molecular weight is 225 g/mol.